The number of benzene rings is 2. The molecule has 0 heterocycles. The molecule has 0 atom stereocenters. The first-order valence-corrected chi connectivity index (χ1v) is 10.1. The third-order valence-corrected chi connectivity index (χ3v) is 10.9. The quantitative estimate of drug-likeness (QED) is 0.705. The van der Waals surface area contributed by atoms with Crippen molar-refractivity contribution in [2.45, 2.75) is 38.8 Å². The van der Waals surface area contributed by atoms with Gasteiger partial charge in [-0.25, -0.2) is 0 Å². The Balaban J connectivity index is 2.61. The summed E-state index contributed by atoms with van der Waals surface area (Å²) in [6, 6.07) is 22.3. The molecular weight excluding hydrogens is 259 g/mol. The third kappa shape index (κ3) is 2.67. The predicted octanol–water partition coefficient (Wildman–Crippen LogP) is 4.60. The normalized spacial score (nSPS) is 13.2. The van der Waals surface area contributed by atoms with Crippen LogP contribution in [-0.4, -0.2) is 11.8 Å². The van der Waals surface area contributed by atoms with Gasteiger partial charge in [0, 0.05) is 0 Å². The van der Waals surface area contributed by atoms with Crippen molar-refractivity contribution in [3.05, 3.63) is 60.7 Å². The minimum absolute atomic E-state index is 0.352. The van der Waals surface area contributed by atoms with Crippen molar-refractivity contribution in [1.82, 2.24) is 0 Å². The van der Waals surface area contributed by atoms with Gasteiger partial charge in [-0.1, -0.05) is 0 Å². The van der Waals surface area contributed by atoms with Crippen molar-refractivity contribution in [3.8, 4) is 0 Å². The second kappa shape index (κ2) is 6.10. The van der Waals surface area contributed by atoms with E-state index in [2.05, 4.69) is 88.1 Å². The molecule has 0 aliphatic rings. The van der Waals surface area contributed by atoms with E-state index in [-0.39, 0.29) is 0 Å². The molecule has 0 aliphatic heterocycles. The topological polar surface area (TPSA) is 0 Å². The van der Waals surface area contributed by atoms with E-state index in [0.717, 1.165) is 0 Å². The molecule has 0 aromatic heterocycles. The number of rotatable bonds is 5. The molecular formula is C19H27P. The molecule has 2 rings (SSSR count). The minimum atomic E-state index is -1.75. The maximum absolute atomic E-state index is 2.54. The summed E-state index contributed by atoms with van der Waals surface area (Å²) in [5, 5.41) is 3.44. The SMILES string of the molecule is CCCC(C)(C)[PH](C)(c1ccccc1)c1ccccc1. The van der Waals surface area contributed by atoms with E-state index >= 15 is 0 Å². The van der Waals surface area contributed by atoms with Crippen LogP contribution in [0.15, 0.2) is 60.7 Å². The fourth-order valence-corrected chi connectivity index (χ4v) is 7.73. The van der Waals surface area contributed by atoms with Gasteiger partial charge in [-0.15, -0.1) is 0 Å². The summed E-state index contributed by atoms with van der Waals surface area (Å²) in [6.45, 7) is 9.76. The van der Waals surface area contributed by atoms with Crippen molar-refractivity contribution in [2.75, 3.05) is 6.66 Å². The van der Waals surface area contributed by atoms with Crippen LogP contribution in [0.1, 0.15) is 33.6 Å². The van der Waals surface area contributed by atoms with Crippen LogP contribution < -0.4 is 10.6 Å². The van der Waals surface area contributed by atoms with Gasteiger partial charge in [-0.05, 0) is 0 Å². The van der Waals surface area contributed by atoms with Crippen molar-refractivity contribution < 1.29 is 0 Å². The summed E-state index contributed by atoms with van der Waals surface area (Å²) < 4.78 is 0. The van der Waals surface area contributed by atoms with Crippen LogP contribution in [0.25, 0.3) is 0 Å². The van der Waals surface area contributed by atoms with Crippen LogP contribution in [0.2, 0.25) is 0 Å². The maximum atomic E-state index is 2.54. The summed E-state index contributed by atoms with van der Waals surface area (Å²) in [4.78, 5) is 0. The van der Waals surface area contributed by atoms with E-state index in [9.17, 15) is 0 Å². The van der Waals surface area contributed by atoms with Crippen molar-refractivity contribution in [2.24, 2.45) is 0 Å². The number of hydrogen-bond acceptors (Lipinski definition) is 0. The zero-order valence-corrected chi connectivity index (χ0v) is 14.2. The molecule has 0 bridgehead atoms. The average molecular weight is 286 g/mol. The van der Waals surface area contributed by atoms with Gasteiger partial charge in [-0.2, -0.15) is 0 Å². The van der Waals surface area contributed by atoms with E-state index < -0.39 is 7.26 Å². The van der Waals surface area contributed by atoms with Crippen LogP contribution in [0.4, 0.5) is 0 Å². The molecule has 0 fully saturated rings. The van der Waals surface area contributed by atoms with Crippen molar-refractivity contribution in [1.29, 1.82) is 0 Å². The van der Waals surface area contributed by atoms with E-state index in [4.69, 9.17) is 0 Å². The van der Waals surface area contributed by atoms with Crippen LogP contribution in [0.3, 0.4) is 0 Å². The van der Waals surface area contributed by atoms with Gasteiger partial charge in [0.1, 0.15) is 0 Å². The molecule has 0 saturated carbocycles. The first-order valence-electron chi connectivity index (χ1n) is 7.63. The van der Waals surface area contributed by atoms with Gasteiger partial charge in [0.05, 0.1) is 0 Å². The first kappa shape index (κ1) is 15.3. The summed E-state index contributed by atoms with van der Waals surface area (Å²) >= 11 is 0. The molecule has 0 nitrogen and oxygen atoms in total. The fourth-order valence-electron chi connectivity index (χ4n) is 3.37. The molecule has 0 saturated heterocycles. The monoisotopic (exact) mass is 286 g/mol. The second-order valence-electron chi connectivity index (χ2n) is 6.49. The molecule has 0 spiro atoms. The standard InChI is InChI=1S/C19H27P/c1-5-16-19(2,3)20(4,17-12-8-6-9-13-17)18-14-10-7-11-15-18/h6-15,20H,5,16H2,1-4H3. The Morgan fingerprint density at radius 3 is 1.55 bits per heavy atom. The fraction of sp³-hybridized carbons (Fsp3) is 0.368. The predicted molar refractivity (Wildman–Crippen MR) is 95.4 cm³/mol. The molecule has 0 radical (unpaired) electrons. The van der Waals surface area contributed by atoms with Gasteiger partial charge >= 0.3 is 124 Å². The zero-order valence-electron chi connectivity index (χ0n) is 13.2. The van der Waals surface area contributed by atoms with Gasteiger partial charge < -0.3 is 0 Å². The summed E-state index contributed by atoms with van der Waals surface area (Å²) in [6.07, 6.45) is 2.52. The Kier molecular flexibility index (Phi) is 4.66. The average Bonchev–Trinajstić information content (AvgIpc) is 2.48. The Morgan fingerprint density at radius 2 is 1.20 bits per heavy atom. The molecule has 0 unspecified atom stereocenters. The van der Waals surface area contributed by atoms with E-state index in [1.54, 1.807) is 10.6 Å². The molecule has 108 valence electrons. The van der Waals surface area contributed by atoms with Crippen LogP contribution in [-0.2, 0) is 0 Å². The molecule has 0 amide bonds. The molecule has 20 heavy (non-hydrogen) atoms. The van der Waals surface area contributed by atoms with Gasteiger partial charge in [0.2, 0.25) is 0 Å². The first-order chi connectivity index (χ1) is 9.52. The van der Waals surface area contributed by atoms with Crippen molar-refractivity contribution >= 4 is 17.9 Å². The van der Waals surface area contributed by atoms with E-state index in [1.807, 2.05) is 0 Å². The van der Waals surface area contributed by atoms with Gasteiger partial charge in [0.15, 0.2) is 0 Å². The third-order valence-electron chi connectivity index (χ3n) is 4.93. The van der Waals surface area contributed by atoms with E-state index in [0.29, 0.717) is 5.16 Å². The van der Waals surface area contributed by atoms with Crippen LogP contribution >= 0.6 is 7.26 Å². The van der Waals surface area contributed by atoms with Crippen LogP contribution in [0.5, 0.6) is 0 Å². The Morgan fingerprint density at radius 1 is 0.800 bits per heavy atom. The Labute approximate surface area is 124 Å². The van der Waals surface area contributed by atoms with Gasteiger partial charge in [-0.3, -0.25) is 0 Å². The summed E-state index contributed by atoms with van der Waals surface area (Å²) in [5.74, 6) is 0. The van der Waals surface area contributed by atoms with E-state index in [1.165, 1.54) is 12.8 Å². The van der Waals surface area contributed by atoms with Crippen molar-refractivity contribution in [3.63, 3.8) is 0 Å². The Bertz CT molecular complexity index is 489. The number of hydrogen-bond donors (Lipinski definition) is 0. The molecule has 2 aromatic rings. The zero-order chi connectivity index (χ0) is 14.6. The molecule has 1 heteroatoms. The molecule has 2 aromatic carbocycles. The molecule has 0 aliphatic carbocycles. The Hall–Kier alpha value is -1.13. The summed E-state index contributed by atoms with van der Waals surface area (Å²) in [7, 11) is -1.75. The molecule has 0 N–H and O–H groups in total. The van der Waals surface area contributed by atoms with Crippen LogP contribution in [0, 0.1) is 0 Å². The second-order valence-corrected chi connectivity index (χ2v) is 11.2. The summed E-state index contributed by atoms with van der Waals surface area (Å²) in [5.41, 5.74) is 0. The van der Waals surface area contributed by atoms with Gasteiger partial charge in [0.25, 0.3) is 0 Å².